The predicted octanol–water partition coefficient (Wildman–Crippen LogP) is 2.83. The molecule has 0 fully saturated rings. The topological polar surface area (TPSA) is 12.9 Å². The standard InChI is InChI=1S/C10H9ClFN/c1-2-3-4-5-8-6-7-13-10(11)9(8)12/h6-7H,2,5H2,1H3. The minimum absolute atomic E-state index is 0.0872. The summed E-state index contributed by atoms with van der Waals surface area (Å²) in [6.07, 6.45) is 2.65. The molecule has 68 valence electrons. The largest absolute Gasteiger partial charge is 0.242 e. The van der Waals surface area contributed by atoms with Crippen LogP contribution in [0.25, 0.3) is 0 Å². The van der Waals surface area contributed by atoms with Gasteiger partial charge in [0.2, 0.25) is 0 Å². The lowest BCUT2D eigenvalue weighted by Gasteiger charge is -1.97. The minimum Gasteiger partial charge on any atom is -0.242 e. The molecule has 0 bridgehead atoms. The first-order chi connectivity index (χ1) is 6.25. The van der Waals surface area contributed by atoms with E-state index in [4.69, 9.17) is 11.6 Å². The molecule has 0 saturated heterocycles. The van der Waals surface area contributed by atoms with Crippen LogP contribution in [0.3, 0.4) is 0 Å². The summed E-state index contributed by atoms with van der Waals surface area (Å²) in [7, 11) is 0. The summed E-state index contributed by atoms with van der Waals surface area (Å²) in [5.41, 5.74) is 0.501. The second-order valence-corrected chi connectivity index (χ2v) is 2.82. The van der Waals surface area contributed by atoms with Gasteiger partial charge < -0.3 is 0 Å². The first-order valence-corrected chi connectivity index (χ1v) is 4.38. The van der Waals surface area contributed by atoms with Gasteiger partial charge in [0.15, 0.2) is 11.0 Å². The Morgan fingerprint density at radius 2 is 2.31 bits per heavy atom. The van der Waals surface area contributed by atoms with Crippen LogP contribution >= 0.6 is 11.6 Å². The molecule has 0 N–H and O–H groups in total. The van der Waals surface area contributed by atoms with Crippen LogP contribution in [0.4, 0.5) is 4.39 Å². The van der Waals surface area contributed by atoms with Crippen LogP contribution in [0.1, 0.15) is 18.9 Å². The number of hydrogen-bond acceptors (Lipinski definition) is 1. The summed E-state index contributed by atoms with van der Waals surface area (Å²) in [6.45, 7) is 1.95. The van der Waals surface area contributed by atoms with E-state index in [9.17, 15) is 4.39 Å². The van der Waals surface area contributed by atoms with Gasteiger partial charge in [-0.15, -0.1) is 5.92 Å². The van der Waals surface area contributed by atoms with E-state index in [2.05, 4.69) is 16.8 Å². The maximum absolute atomic E-state index is 13.2. The third-order valence-electron chi connectivity index (χ3n) is 1.51. The maximum atomic E-state index is 13.2. The van der Waals surface area contributed by atoms with E-state index in [1.807, 2.05) is 6.92 Å². The van der Waals surface area contributed by atoms with Gasteiger partial charge in [0.05, 0.1) is 0 Å². The van der Waals surface area contributed by atoms with Crippen LogP contribution < -0.4 is 0 Å². The average Bonchev–Trinajstić information content (AvgIpc) is 2.13. The fourth-order valence-corrected chi connectivity index (χ4v) is 1.05. The predicted molar refractivity (Wildman–Crippen MR) is 51.0 cm³/mol. The van der Waals surface area contributed by atoms with Crippen molar-refractivity contribution in [2.75, 3.05) is 0 Å². The number of aromatic nitrogens is 1. The van der Waals surface area contributed by atoms with Crippen LogP contribution in [0.2, 0.25) is 5.15 Å². The van der Waals surface area contributed by atoms with Crippen molar-refractivity contribution >= 4 is 11.6 Å². The van der Waals surface area contributed by atoms with Crippen LogP contribution in [0.15, 0.2) is 12.3 Å². The van der Waals surface area contributed by atoms with Gasteiger partial charge in [-0.25, -0.2) is 9.37 Å². The van der Waals surface area contributed by atoms with E-state index in [1.165, 1.54) is 6.20 Å². The normalized spacial score (nSPS) is 9.15. The molecule has 0 unspecified atom stereocenters. The van der Waals surface area contributed by atoms with E-state index in [0.717, 1.165) is 6.42 Å². The van der Waals surface area contributed by atoms with Gasteiger partial charge >= 0.3 is 0 Å². The van der Waals surface area contributed by atoms with Crippen molar-refractivity contribution in [3.63, 3.8) is 0 Å². The average molecular weight is 198 g/mol. The number of halogens is 2. The molecule has 0 radical (unpaired) electrons. The van der Waals surface area contributed by atoms with Crippen molar-refractivity contribution in [1.82, 2.24) is 4.98 Å². The van der Waals surface area contributed by atoms with Gasteiger partial charge in [-0.1, -0.05) is 24.4 Å². The van der Waals surface area contributed by atoms with Gasteiger partial charge in [-0.2, -0.15) is 0 Å². The van der Waals surface area contributed by atoms with Gasteiger partial charge in [0.1, 0.15) is 0 Å². The molecule has 1 aromatic heterocycles. The zero-order chi connectivity index (χ0) is 9.68. The number of hydrogen-bond donors (Lipinski definition) is 0. The Balaban J connectivity index is 2.83. The molecule has 0 saturated carbocycles. The molecule has 0 aliphatic rings. The molecule has 1 aromatic rings. The van der Waals surface area contributed by atoms with Crippen molar-refractivity contribution in [2.45, 2.75) is 19.8 Å². The van der Waals surface area contributed by atoms with Crippen molar-refractivity contribution in [2.24, 2.45) is 0 Å². The smallest absolute Gasteiger partial charge is 0.165 e. The Kier molecular flexibility index (Phi) is 3.72. The first kappa shape index (κ1) is 10.0. The second-order valence-electron chi connectivity index (χ2n) is 2.46. The van der Waals surface area contributed by atoms with E-state index in [1.54, 1.807) is 6.07 Å². The highest BCUT2D eigenvalue weighted by atomic mass is 35.5. The Hall–Kier alpha value is -1.07. The molecule has 0 aromatic carbocycles. The van der Waals surface area contributed by atoms with E-state index < -0.39 is 5.82 Å². The van der Waals surface area contributed by atoms with Gasteiger partial charge in [-0.3, -0.25) is 0 Å². The lowest BCUT2D eigenvalue weighted by molar-refractivity contribution is 0.609. The first-order valence-electron chi connectivity index (χ1n) is 4.00. The molecule has 3 heteroatoms. The number of rotatable bonds is 1. The van der Waals surface area contributed by atoms with Crippen LogP contribution in [0.5, 0.6) is 0 Å². The molecule has 1 nitrogen and oxygen atoms in total. The SMILES string of the molecule is CCC#CCc1ccnc(Cl)c1F. The molecule has 13 heavy (non-hydrogen) atoms. The highest BCUT2D eigenvalue weighted by Gasteiger charge is 2.04. The Morgan fingerprint density at radius 3 is 3.00 bits per heavy atom. The lowest BCUT2D eigenvalue weighted by atomic mass is 10.2. The monoisotopic (exact) mass is 197 g/mol. The zero-order valence-electron chi connectivity index (χ0n) is 7.27. The molecule has 0 aliphatic heterocycles. The number of pyridine rings is 1. The quantitative estimate of drug-likeness (QED) is 0.498. The maximum Gasteiger partial charge on any atom is 0.165 e. The lowest BCUT2D eigenvalue weighted by Crippen LogP contribution is -1.91. The molecular weight excluding hydrogens is 189 g/mol. The highest BCUT2D eigenvalue weighted by molar-refractivity contribution is 6.29. The van der Waals surface area contributed by atoms with Crippen molar-refractivity contribution in [3.8, 4) is 11.8 Å². The summed E-state index contributed by atoms with van der Waals surface area (Å²) < 4.78 is 13.2. The van der Waals surface area contributed by atoms with Crippen molar-refractivity contribution < 1.29 is 4.39 Å². The Morgan fingerprint density at radius 1 is 1.54 bits per heavy atom. The van der Waals surface area contributed by atoms with Gasteiger partial charge in [-0.05, 0) is 6.07 Å². The molecule has 1 heterocycles. The summed E-state index contributed by atoms with van der Waals surface area (Å²) in [5, 5.41) is -0.0872. The fourth-order valence-electron chi connectivity index (χ4n) is 0.874. The van der Waals surface area contributed by atoms with Crippen LogP contribution in [0, 0.1) is 17.7 Å². The van der Waals surface area contributed by atoms with Crippen LogP contribution in [-0.2, 0) is 6.42 Å². The fraction of sp³-hybridized carbons (Fsp3) is 0.300. The molecule has 0 spiro atoms. The van der Waals surface area contributed by atoms with Gasteiger partial charge in [0, 0.05) is 24.6 Å². The Bertz CT molecular complexity index is 352. The van der Waals surface area contributed by atoms with Crippen molar-refractivity contribution in [1.29, 1.82) is 0 Å². The van der Waals surface area contributed by atoms with E-state index in [0.29, 0.717) is 12.0 Å². The molecule has 0 atom stereocenters. The Labute approximate surface area is 81.9 Å². The van der Waals surface area contributed by atoms with E-state index >= 15 is 0 Å². The second kappa shape index (κ2) is 4.84. The zero-order valence-corrected chi connectivity index (χ0v) is 8.03. The minimum atomic E-state index is -0.463. The molecular formula is C10H9ClFN. The summed E-state index contributed by atoms with van der Waals surface area (Å²) >= 11 is 5.49. The number of nitrogens with zero attached hydrogens (tertiary/aromatic N) is 1. The third-order valence-corrected chi connectivity index (χ3v) is 1.77. The van der Waals surface area contributed by atoms with E-state index in [-0.39, 0.29) is 5.15 Å². The molecule has 1 rings (SSSR count). The third kappa shape index (κ3) is 2.71. The summed E-state index contributed by atoms with van der Waals surface area (Å²) in [4.78, 5) is 3.61. The summed E-state index contributed by atoms with van der Waals surface area (Å²) in [6, 6.07) is 1.59. The molecule has 0 amide bonds. The van der Waals surface area contributed by atoms with Gasteiger partial charge in [0.25, 0.3) is 0 Å². The van der Waals surface area contributed by atoms with Crippen LogP contribution in [-0.4, -0.2) is 4.98 Å². The summed E-state index contributed by atoms with van der Waals surface area (Å²) in [5.74, 6) is 5.24. The highest BCUT2D eigenvalue weighted by Crippen LogP contribution is 2.14. The van der Waals surface area contributed by atoms with Crippen molar-refractivity contribution in [3.05, 3.63) is 28.8 Å². The molecule has 0 aliphatic carbocycles.